The predicted octanol–water partition coefficient (Wildman–Crippen LogP) is 6.08. The molecule has 48 heavy (non-hydrogen) atoms. The molecular weight excluding hydrogens is 702 g/mol. The Balaban J connectivity index is 0.000000569. The van der Waals surface area contributed by atoms with Gasteiger partial charge in [0.2, 0.25) is 11.8 Å². The summed E-state index contributed by atoms with van der Waals surface area (Å²) in [7, 11) is 0. The Hall–Kier alpha value is -3.71. The largest absolute Gasteiger partial charge is 0.489 e. The molecule has 1 fully saturated rings. The summed E-state index contributed by atoms with van der Waals surface area (Å²) < 4.78 is 18.3. The van der Waals surface area contributed by atoms with E-state index >= 15 is 0 Å². The molecule has 5 rings (SSSR count). The molecule has 254 valence electrons. The van der Waals surface area contributed by atoms with Gasteiger partial charge < -0.3 is 31.5 Å². The Kier molecular flexibility index (Phi) is 12.8. The number of aliphatic hydroxyl groups is 1. The Morgan fingerprint density at radius 1 is 1.00 bits per heavy atom. The highest BCUT2D eigenvalue weighted by Crippen LogP contribution is 2.50. The molecule has 1 aliphatic rings. The number of primary amides is 1. The van der Waals surface area contributed by atoms with Crippen LogP contribution in [-0.2, 0) is 9.59 Å². The fraction of sp³-hybridized carbons (Fsp3) is 0.265. The summed E-state index contributed by atoms with van der Waals surface area (Å²) in [4.78, 5) is 39.9. The Morgan fingerprint density at radius 2 is 1.62 bits per heavy atom. The van der Waals surface area contributed by atoms with Gasteiger partial charge in [0.05, 0.1) is 17.1 Å². The van der Waals surface area contributed by atoms with Crippen molar-refractivity contribution in [3.05, 3.63) is 98.1 Å². The number of hydrogen-bond acceptors (Lipinski definition) is 7. The van der Waals surface area contributed by atoms with Crippen molar-refractivity contribution < 1.29 is 28.6 Å². The lowest BCUT2D eigenvalue weighted by molar-refractivity contribution is -0.125. The molecule has 0 bridgehead atoms. The van der Waals surface area contributed by atoms with Gasteiger partial charge in [0.25, 0.3) is 5.91 Å². The lowest BCUT2D eigenvalue weighted by atomic mass is 9.88. The number of aryl methyl sites for hydroxylation is 1. The van der Waals surface area contributed by atoms with E-state index in [9.17, 15) is 18.8 Å². The number of piperidine rings is 1. The monoisotopic (exact) mass is 734 g/mol. The molecule has 0 aliphatic carbocycles. The zero-order valence-electron chi connectivity index (χ0n) is 25.9. The van der Waals surface area contributed by atoms with Crippen molar-refractivity contribution >= 4 is 63.9 Å². The quantitative estimate of drug-likeness (QED) is 0.153. The van der Waals surface area contributed by atoms with E-state index in [2.05, 4.69) is 5.32 Å². The van der Waals surface area contributed by atoms with E-state index in [0.29, 0.717) is 41.7 Å². The van der Waals surface area contributed by atoms with Crippen molar-refractivity contribution in [2.45, 2.75) is 25.3 Å². The van der Waals surface area contributed by atoms with Gasteiger partial charge in [0.1, 0.15) is 23.9 Å². The van der Waals surface area contributed by atoms with Crippen LogP contribution in [0.3, 0.4) is 0 Å². The number of ether oxygens (including phenoxy) is 1. The average molecular weight is 736 g/mol. The molecule has 1 saturated heterocycles. The molecule has 0 saturated carbocycles. The van der Waals surface area contributed by atoms with Gasteiger partial charge >= 0.3 is 0 Å². The zero-order chi connectivity index (χ0) is 35.0. The van der Waals surface area contributed by atoms with Crippen LogP contribution in [0.25, 0.3) is 21.6 Å². The van der Waals surface area contributed by atoms with E-state index in [0.717, 1.165) is 11.1 Å². The second-order valence-corrected chi connectivity index (χ2v) is 13.4. The summed E-state index contributed by atoms with van der Waals surface area (Å²) in [5, 5.41) is 12.9. The normalized spacial score (nSPS) is 13.7. The lowest BCUT2D eigenvalue weighted by Gasteiger charge is -2.36. The van der Waals surface area contributed by atoms with Crippen LogP contribution in [0.2, 0.25) is 15.1 Å². The minimum atomic E-state index is -1.17. The van der Waals surface area contributed by atoms with Gasteiger partial charge in [0, 0.05) is 39.1 Å². The molecule has 14 heteroatoms. The molecule has 9 nitrogen and oxygen atoms in total. The summed E-state index contributed by atoms with van der Waals surface area (Å²) >= 11 is 20.1. The van der Waals surface area contributed by atoms with E-state index in [1.807, 2.05) is 19.1 Å². The maximum absolute atomic E-state index is 13.9. The first-order chi connectivity index (χ1) is 22.8. The van der Waals surface area contributed by atoms with E-state index in [4.69, 9.17) is 56.1 Å². The summed E-state index contributed by atoms with van der Waals surface area (Å²) in [5.41, 5.74) is 13.5. The van der Waals surface area contributed by atoms with Crippen molar-refractivity contribution in [1.29, 1.82) is 0 Å². The smallest absolute Gasteiger partial charge is 0.267 e. The number of hydrogen-bond donors (Lipinski definition) is 4. The lowest BCUT2D eigenvalue weighted by Crippen LogP contribution is -2.58. The fourth-order valence-corrected chi connectivity index (χ4v) is 6.83. The maximum atomic E-state index is 13.9. The molecular formula is C34H34Cl3FN4O5S. The number of carbonyl (C=O) groups is 3. The van der Waals surface area contributed by atoms with Gasteiger partial charge in [-0.2, -0.15) is 0 Å². The van der Waals surface area contributed by atoms with Crippen LogP contribution in [0.4, 0.5) is 4.39 Å². The molecule has 4 aromatic rings. The molecule has 6 N–H and O–H groups in total. The van der Waals surface area contributed by atoms with Crippen LogP contribution in [0.15, 0.2) is 66.7 Å². The van der Waals surface area contributed by atoms with Crippen molar-refractivity contribution in [2.75, 3.05) is 32.8 Å². The van der Waals surface area contributed by atoms with Crippen molar-refractivity contribution in [2.24, 2.45) is 11.5 Å². The summed E-state index contributed by atoms with van der Waals surface area (Å²) in [6.45, 7) is 1.85. The van der Waals surface area contributed by atoms with Gasteiger partial charge in [-0.05, 0) is 61.7 Å². The number of aliphatic hydroxyl groups excluding tert-OH is 1. The van der Waals surface area contributed by atoms with Crippen molar-refractivity contribution in [3.63, 3.8) is 0 Å². The van der Waals surface area contributed by atoms with Crippen molar-refractivity contribution in [3.8, 4) is 27.3 Å². The van der Waals surface area contributed by atoms with Gasteiger partial charge in [-0.3, -0.25) is 14.4 Å². The minimum Gasteiger partial charge on any atom is -0.489 e. The standard InChI is InChI=1S/C27H27Cl3N4O5S.C7H7F/c28-16-3-1-15(2-4-16)21-22(39-12-9-33-20(36)14-35)24(40-23(21)18-6-5-17(29)13-19(18)30)25(37)34-10-7-27(32,8-11-34)26(31)38;1-6-2-4-7(8)5-3-6/h1-6,13,35H,7-12,14,32H2,(H2,31,38)(H,33,36);2-5H,1H3. The van der Waals surface area contributed by atoms with Gasteiger partial charge in [-0.15, -0.1) is 11.3 Å². The molecule has 0 radical (unpaired) electrons. The molecule has 0 spiro atoms. The Bertz CT molecular complexity index is 1740. The third kappa shape index (κ3) is 9.25. The Labute approximate surface area is 296 Å². The SMILES string of the molecule is Cc1ccc(F)cc1.NC(=O)C1(N)CCN(C(=O)c2sc(-c3ccc(Cl)cc3Cl)c(-c3ccc(Cl)cc3)c2OCCNC(=O)CO)CC1. The van der Waals surface area contributed by atoms with Crippen LogP contribution >= 0.6 is 46.1 Å². The first-order valence-corrected chi connectivity index (χ1v) is 16.8. The zero-order valence-corrected chi connectivity index (χ0v) is 29.0. The van der Waals surface area contributed by atoms with E-state index in [1.165, 1.54) is 23.5 Å². The number of nitrogens with two attached hydrogens (primary N) is 2. The highest BCUT2D eigenvalue weighted by molar-refractivity contribution is 7.18. The number of thiophene rings is 1. The summed E-state index contributed by atoms with van der Waals surface area (Å²) in [6, 6.07) is 18.6. The summed E-state index contributed by atoms with van der Waals surface area (Å²) in [6.07, 6.45) is 0.450. The molecule has 0 atom stereocenters. The predicted molar refractivity (Wildman–Crippen MR) is 188 cm³/mol. The van der Waals surface area contributed by atoms with Gasteiger partial charge in [-0.1, -0.05) is 70.7 Å². The van der Waals surface area contributed by atoms with Crippen LogP contribution in [-0.4, -0.2) is 66.1 Å². The first-order valence-electron chi connectivity index (χ1n) is 14.8. The highest BCUT2D eigenvalue weighted by Gasteiger charge is 2.39. The number of halogens is 4. The molecule has 1 aromatic heterocycles. The molecule has 3 amide bonds. The van der Waals surface area contributed by atoms with E-state index in [-0.39, 0.29) is 50.8 Å². The highest BCUT2D eigenvalue weighted by atomic mass is 35.5. The number of rotatable bonds is 9. The second kappa shape index (κ2) is 16.6. The number of likely N-dealkylation sites (tertiary alicyclic amines) is 1. The topological polar surface area (TPSA) is 148 Å². The molecule has 3 aromatic carbocycles. The molecule has 0 unspecified atom stereocenters. The van der Waals surface area contributed by atoms with Gasteiger partial charge in [-0.25, -0.2) is 4.39 Å². The van der Waals surface area contributed by atoms with Crippen LogP contribution in [0.5, 0.6) is 5.75 Å². The van der Waals surface area contributed by atoms with Gasteiger partial charge in [0.15, 0.2) is 5.75 Å². The minimum absolute atomic E-state index is 0.0186. The van der Waals surface area contributed by atoms with Crippen LogP contribution in [0, 0.1) is 12.7 Å². The average Bonchev–Trinajstić information content (AvgIpc) is 3.43. The summed E-state index contributed by atoms with van der Waals surface area (Å²) in [5.74, 6) is -1.33. The molecule has 2 heterocycles. The third-order valence-electron chi connectivity index (χ3n) is 7.63. The van der Waals surface area contributed by atoms with Crippen LogP contribution in [0.1, 0.15) is 28.1 Å². The number of amides is 3. The fourth-order valence-electron chi connectivity index (χ4n) is 4.87. The third-order valence-corrected chi connectivity index (χ3v) is 9.62. The number of carbonyl (C=O) groups excluding carboxylic acids is 3. The number of nitrogens with zero attached hydrogens (tertiary/aromatic N) is 1. The molecule has 1 aliphatic heterocycles. The maximum Gasteiger partial charge on any atom is 0.267 e. The van der Waals surface area contributed by atoms with Crippen molar-refractivity contribution in [1.82, 2.24) is 10.2 Å². The Morgan fingerprint density at radius 3 is 2.19 bits per heavy atom. The van der Waals surface area contributed by atoms with Crippen LogP contribution < -0.4 is 21.5 Å². The van der Waals surface area contributed by atoms with E-state index < -0.39 is 24.0 Å². The number of benzene rings is 3. The first kappa shape index (κ1) is 37.1. The second-order valence-electron chi connectivity index (χ2n) is 11.1. The number of nitrogens with one attached hydrogen (secondary N) is 1. The van der Waals surface area contributed by atoms with E-state index in [1.54, 1.807) is 47.4 Å².